The molecule has 1 aliphatic rings. The lowest BCUT2D eigenvalue weighted by Gasteiger charge is -2.14. The highest BCUT2D eigenvalue weighted by Gasteiger charge is 2.19. The van der Waals surface area contributed by atoms with E-state index >= 15 is 0 Å². The van der Waals surface area contributed by atoms with Crippen LogP contribution in [-0.4, -0.2) is 42.3 Å². The van der Waals surface area contributed by atoms with Crippen molar-refractivity contribution in [1.82, 2.24) is 9.88 Å². The molecule has 1 fully saturated rings. The third-order valence-electron chi connectivity index (χ3n) is 4.39. The van der Waals surface area contributed by atoms with Crippen molar-refractivity contribution in [1.29, 1.82) is 5.26 Å². The van der Waals surface area contributed by atoms with Gasteiger partial charge in [-0.15, -0.1) is 6.42 Å². The van der Waals surface area contributed by atoms with Crippen molar-refractivity contribution in [2.75, 3.05) is 19.8 Å². The Morgan fingerprint density at radius 3 is 2.93 bits per heavy atom. The molecule has 7 heteroatoms. The van der Waals surface area contributed by atoms with Crippen LogP contribution in [0, 0.1) is 37.5 Å². The van der Waals surface area contributed by atoms with Crippen LogP contribution in [0.1, 0.15) is 29.8 Å². The number of hydrogen-bond acceptors (Lipinski definition) is 5. The van der Waals surface area contributed by atoms with E-state index in [0.717, 1.165) is 42.9 Å². The van der Waals surface area contributed by atoms with Crippen LogP contribution in [0.3, 0.4) is 0 Å². The molecule has 1 aromatic heterocycles. The van der Waals surface area contributed by atoms with Gasteiger partial charge in [-0.05, 0) is 44.4 Å². The number of terminal acetylenes is 1. The molecular formula is C20H23N3O4. The fraction of sp³-hybridized carbons (Fsp3) is 0.450. The molecule has 7 nitrogen and oxygen atoms in total. The molecular weight excluding hydrogens is 346 g/mol. The highest BCUT2D eigenvalue weighted by Crippen LogP contribution is 2.22. The SMILES string of the molecule is C#CCNC(=O)COC(=O)/C(C#N)=C/c1cc(C)n(C[C@H]2CCCO2)c1C. The summed E-state index contributed by atoms with van der Waals surface area (Å²) in [7, 11) is 0. The molecule has 2 heterocycles. The Labute approximate surface area is 158 Å². The first-order valence-electron chi connectivity index (χ1n) is 8.73. The first-order valence-corrected chi connectivity index (χ1v) is 8.73. The van der Waals surface area contributed by atoms with Gasteiger partial charge < -0.3 is 19.4 Å². The number of nitrogens with zero attached hydrogens (tertiary/aromatic N) is 2. The summed E-state index contributed by atoms with van der Waals surface area (Å²) in [6.07, 6.45) is 8.80. The molecule has 0 saturated carbocycles. The normalized spacial score (nSPS) is 16.4. The smallest absolute Gasteiger partial charge is 0.349 e. The quantitative estimate of drug-likeness (QED) is 0.340. The zero-order valence-electron chi connectivity index (χ0n) is 15.6. The largest absolute Gasteiger partial charge is 0.451 e. The van der Waals surface area contributed by atoms with E-state index in [4.69, 9.17) is 15.9 Å². The molecule has 2 rings (SSSR count). The predicted octanol–water partition coefficient (Wildman–Crippen LogP) is 1.48. The first kappa shape index (κ1) is 20.3. The Balaban J connectivity index is 2.08. The van der Waals surface area contributed by atoms with E-state index in [2.05, 4.69) is 15.8 Å². The second-order valence-corrected chi connectivity index (χ2v) is 6.30. The molecule has 0 aromatic carbocycles. The summed E-state index contributed by atoms with van der Waals surface area (Å²) in [6.45, 7) is 5.00. The molecule has 1 amide bonds. The molecule has 0 radical (unpaired) electrons. The summed E-state index contributed by atoms with van der Waals surface area (Å²) in [4.78, 5) is 23.5. The Morgan fingerprint density at radius 2 is 2.30 bits per heavy atom. The van der Waals surface area contributed by atoms with Crippen molar-refractivity contribution in [3.63, 3.8) is 0 Å². The fourth-order valence-corrected chi connectivity index (χ4v) is 2.95. The Hall–Kier alpha value is -3.03. The Morgan fingerprint density at radius 1 is 1.52 bits per heavy atom. The zero-order valence-corrected chi connectivity index (χ0v) is 15.6. The average Bonchev–Trinajstić information content (AvgIpc) is 3.26. The molecule has 1 atom stereocenters. The van der Waals surface area contributed by atoms with Crippen molar-refractivity contribution >= 4 is 18.0 Å². The minimum Gasteiger partial charge on any atom is -0.451 e. The Kier molecular flexibility index (Phi) is 7.22. The van der Waals surface area contributed by atoms with Crippen LogP contribution in [0.5, 0.6) is 0 Å². The van der Waals surface area contributed by atoms with E-state index in [1.165, 1.54) is 6.08 Å². The Bertz CT molecular complexity index is 818. The monoisotopic (exact) mass is 369 g/mol. The third kappa shape index (κ3) is 5.47. The second-order valence-electron chi connectivity index (χ2n) is 6.30. The lowest BCUT2D eigenvalue weighted by atomic mass is 10.1. The number of amides is 1. The highest BCUT2D eigenvalue weighted by molar-refractivity contribution is 5.99. The van der Waals surface area contributed by atoms with Crippen LogP contribution in [0.2, 0.25) is 0 Å². The molecule has 1 aromatic rings. The number of carbonyl (C=O) groups is 2. The number of aryl methyl sites for hydroxylation is 1. The predicted molar refractivity (Wildman–Crippen MR) is 99.3 cm³/mol. The van der Waals surface area contributed by atoms with Crippen LogP contribution in [0.15, 0.2) is 11.6 Å². The highest BCUT2D eigenvalue weighted by atomic mass is 16.5. The zero-order chi connectivity index (χ0) is 19.8. The lowest BCUT2D eigenvalue weighted by Crippen LogP contribution is -2.29. The van der Waals surface area contributed by atoms with Crippen LogP contribution in [-0.2, 0) is 25.6 Å². The number of esters is 1. The van der Waals surface area contributed by atoms with Gasteiger partial charge in [0.1, 0.15) is 11.6 Å². The molecule has 0 bridgehead atoms. The van der Waals surface area contributed by atoms with Gasteiger partial charge in [0.2, 0.25) is 0 Å². The lowest BCUT2D eigenvalue weighted by molar-refractivity contribution is -0.144. The van der Waals surface area contributed by atoms with Gasteiger partial charge in [0, 0.05) is 24.5 Å². The van der Waals surface area contributed by atoms with Crippen molar-refractivity contribution in [3.8, 4) is 18.4 Å². The number of rotatable bonds is 7. The van der Waals surface area contributed by atoms with Crippen LogP contribution in [0.25, 0.3) is 6.08 Å². The summed E-state index contributed by atoms with van der Waals surface area (Å²) < 4.78 is 12.7. The van der Waals surface area contributed by atoms with Crippen LogP contribution in [0.4, 0.5) is 0 Å². The molecule has 0 unspecified atom stereocenters. The molecule has 1 N–H and O–H groups in total. The molecule has 1 saturated heterocycles. The van der Waals surface area contributed by atoms with Gasteiger partial charge in [-0.25, -0.2) is 4.79 Å². The second kappa shape index (κ2) is 9.61. The number of nitriles is 1. The fourth-order valence-electron chi connectivity index (χ4n) is 2.95. The summed E-state index contributed by atoms with van der Waals surface area (Å²) in [5.41, 5.74) is 2.55. The van der Waals surface area contributed by atoms with E-state index < -0.39 is 18.5 Å². The third-order valence-corrected chi connectivity index (χ3v) is 4.39. The van der Waals surface area contributed by atoms with Gasteiger partial charge >= 0.3 is 5.97 Å². The minimum atomic E-state index is -0.850. The molecule has 0 aliphatic carbocycles. The van der Waals surface area contributed by atoms with Gasteiger partial charge in [0.05, 0.1) is 12.6 Å². The maximum Gasteiger partial charge on any atom is 0.349 e. The summed E-state index contributed by atoms with van der Waals surface area (Å²) in [5.74, 6) is 0.875. The van der Waals surface area contributed by atoms with Gasteiger partial charge in [0.15, 0.2) is 6.61 Å². The van der Waals surface area contributed by atoms with Crippen LogP contribution < -0.4 is 5.32 Å². The van der Waals surface area contributed by atoms with E-state index in [-0.39, 0.29) is 18.2 Å². The average molecular weight is 369 g/mol. The summed E-state index contributed by atoms with van der Waals surface area (Å²) in [6, 6.07) is 3.75. The summed E-state index contributed by atoms with van der Waals surface area (Å²) in [5, 5.41) is 11.7. The summed E-state index contributed by atoms with van der Waals surface area (Å²) >= 11 is 0. The van der Waals surface area contributed by atoms with Gasteiger partial charge in [-0.3, -0.25) is 4.79 Å². The van der Waals surface area contributed by atoms with E-state index in [9.17, 15) is 14.9 Å². The van der Waals surface area contributed by atoms with Crippen molar-refractivity contribution in [2.45, 2.75) is 39.3 Å². The maximum atomic E-state index is 12.1. The number of ether oxygens (including phenoxy) is 2. The van der Waals surface area contributed by atoms with Crippen molar-refractivity contribution in [3.05, 3.63) is 28.6 Å². The first-order chi connectivity index (χ1) is 13.0. The number of carbonyl (C=O) groups excluding carboxylic acids is 2. The number of nitrogens with one attached hydrogen (secondary N) is 1. The van der Waals surface area contributed by atoms with E-state index in [1.807, 2.05) is 26.0 Å². The van der Waals surface area contributed by atoms with Gasteiger partial charge in [-0.1, -0.05) is 5.92 Å². The van der Waals surface area contributed by atoms with Gasteiger partial charge in [0.25, 0.3) is 5.91 Å². The van der Waals surface area contributed by atoms with Crippen LogP contribution >= 0.6 is 0 Å². The van der Waals surface area contributed by atoms with Crippen molar-refractivity contribution in [2.24, 2.45) is 0 Å². The number of hydrogen-bond donors (Lipinski definition) is 1. The molecule has 27 heavy (non-hydrogen) atoms. The molecule has 1 aliphatic heterocycles. The standard InChI is InChI=1S/C20H23N3O4/c1-4-7-22-19(24)13-27-20(25)17(11-21)10-16-9-14(2)23(15(16)3)12-18-6-5-8-26-18/h1,9-10,18H,5-8,12-13H2,2-3H3,(H,22,24)/b17-10+/t18-/m1/s1. The minimum absolute atomic E-state index is 0.0496. The van der Waals surface area contributed by atoms with Crippen molar-refractivity contribution < 1.29 is 19.1 Å². The van der Waals surface area contributed by atoms with E-state index in [0.29, 0.717) is 0 Å². The maximum absolute atomic E-state index is 12.1. The molecule has 0 spiro atoms. The van der Waals surface area contributed by atoms with E-state index in [1.54, 1.807) is 0 Å². The molecule has 142 valence electrons. The number of aromatic nitrogens is 1. The topological polar surface area (TPSA) is 93.4 Å². The van der Waals surface area contributed by atoms with Gasteiger partial charge in [-0.2, -0.15) is 5.26 Å².